The summed E-state index contributed by atoms with van der Waals surface area (Å²) >= 11 is 0. The first-order chi connectivity index (χ1) is 10.7. The van der Waals surface area contributed by atoms with Gasteiger partial charge in [-0.3, -0.25) is 4.79 Å². The number of nitrogens with zero attached hydrogens (tertiary/aromatic N) is 1. The summed E-state index contributed by atoms with van der Waals surface area (Å²) in [6, 6.07) is 7.34. The van der Waals surface area contributed by atoms with E-state index in [0.717, 1.165) is 17.7 Å². The minimum Gasteiger partial charge on any atom is -0.493 e. The molecule has 3 rings (SSSR count). The van der Waals surface area contributed by atoms with E-state index in [4.69, 9.17) is 13.9 Å². The van der Waals surface area contributed by atoms with E-state index >= 15 is 0 Å². The molecular weight excluding hydrogens is 282 g/mol. The highest BCUT2D eigenvalue weighted by Crippen LogP contribution is 2.38. The summed E-state index contributed by atoms with van der Waals surface area (Å²) < 4.78 is 16.0. The van der Waals surface area contributed by atoms with Gasteiger partial charge >= 0.3 is 0 Å². The Labute approximate surface area is 129 Å². The van der Waals surface area contributed by atoms with Crippen LogP contribution in [0.25, 0.3) is 0 Å². The largest absolute Gasteiger partial charge is 0.493 e. The standard InChI is InChI=1S/C17H19NO4/c1-11-13-10-16(21-3)15(20-2)9-12(13)6-7-18(11)17(19)14-5-4-8-22-14/h4-5,8-11H,6-7H2,1-3H3. The number of carbonyl (C=O) groups excluding carboxylic acids is 1. The molecule has 0 spiro atoms. The first kappa shape index (κ1) is 14.5. The van der Waals surface area contributed by atoms with Crippen LogP contribution >= 0.6 is 0 Å². The quantitative estimate of drug-likeness (QED) is 0.874. The fourth-order valence-electron chi connectivity index (χ4n) is 2.96. The molecule has 1 aromatic carbocycles. The average molecular weight is 301 g/mol. The molecule has 5 heteroatoms. The normalized spacial score (nSPS) is 17.0. The Kier molecular flexibility index (Phi) is 3.79. The van der Waals surface area contributed by atoms with E-state index < -0.39 is 0 Å². The number of hydrogen-bond donors (Lipinski definition) is 0. The van der Waals surface area contributed by atoms with Gasteiger partial charge < -0.3 is 18.8 Å². The second-order valence-corrected chi connectivity index (χ2v) is 5.31. The smallest absolute Gasteiger partial charge is 0.290 e. The monoisotopic (exact) mass is 301 g/mol. The second-order valence-electron chi connectivity index (χ2n) is 5.31. The molecule has 5 nitrogen and oxygen atoms in total. The first-order valence-electron chi connectivity index (χ1n) is 7.25. The van der Waals surface area contributed by atoms with Crippen LogP contribution in [-0.4, -0.2) is 31.6 Å². The molecule has 1 atom stereocenters. The van der Waals surface area contributed by atoms with E-state index in [1.54, 1.807) is 26.4 Å². The Morgan fingerprint density at radius 2 is 2.00 bits per heavy atom. The molecule has 0 saturated heterocycles. The van der Waals surface area contributed by atoms with Crippen LogP contribution in [0.4, 0.5) is 0 Å². The fraction of sp³-hybridized carbons (Fsp3) is 0.353. The second kappa shape index (κ2) is 5.75. The molecule has 0 bridgehead atoms. The molecule has 0 N–H and O–H groups in total. The van der Waals surface area contributed by atoms with Crippen LogP contribution in [0.15, 0.2) is 34.9 Å². The van der Waals surface area contributed by atoms with Crippen molar-refractivity contribution in [1.82, 2.24) is 4.90 Å². The van der Waals surface area contributed by atoms with Crippen molar-refractivity contribution in [3.8, 4) is 11.5 Å². The van der Waals surface area contributed by atoms with Gasteiger partial charge in [-0.15, -0.1) is 0 Å². The van der Waals surface area contributed by atoms with Crippen LogP contribution in [0, 0.1) is 0 Å². The van der Waals surface area contributed by atoms with Gasteiger partial charge in [0.15, 0.2) is 17.3 Å². The highest BCUT2D eigenvalue weighted by Gasteiger charge is 2.30. The topological polar surface area (TPSA) is 51.9 Å². The van der Waals surface area contributed by atoms with Crippen molar-refractivity contribution in [2.45, 2.75) is 19.4 Å². The number of methoxy groups -OCH3 is 2. The maximum absolute atomic E-state index is 12.5. The Morgan fingerprint density at radius 3 is 2.64 bits per heavy atom. The van der Waals surface area contributed by atoms with Crippen LogP contribution in [0.2, 0.25) is 0 Å². The third kappa shape index (κ3) is 2.32. The van der Waals surface area contributed by atoms with E-state index in [0.29, 0.717) is 18.1 Å². The van der Waals surface area contributed by atoms with Crippen molar-refractivity contribution in [3.63, 3.8) is 0 Å². The Bertz CT molecular complexity index is 678. The fourth-order valence-corrected chi connectivity index (χ4v) is 2.96. The number of benzene rings is 1. The van der Waals surface area contributed by atoms with Gasteiger partial charge in [-0.05, 0) is 48.7 Å². The van der Waals surface area contributed by atoms with Gasteiger partial charge in [0.25, 0.3) is 5.91 Å². The molecule has 1 aliphatic rings. The molecule has 1 amide bonds. The number of ether oxygens (including phenoxy) is 2. The predicted molar refractivity (Wildman–Crippen MR) is 81.4 cm³/mol. The average Bonchev–Trinajstić information content (AvgIpc) is 3.08. The number of amides is 1. The molecule has 1 unspecified atom stereocenters. The Hall–Kier alpha value is -2.43. The van der Waals surface area contributed by atoms with Gasteiger partial charge in [0.05, 0.1) is 26.5 Å². The molecule has 116 valence electrons. The zero-order valence-electron chi connectivity index (χ0n) is 13.0. The third-order valence-corrected chi connectivity index (χ3v) is 4.18. The van der Waals surface area contributed by atoms with Crippen molar-refractivity contribution in [1.29, 1.82) is 0 Å². The predicted octanol–water partition coefficient (Wildman–Crippen LogP) is 3.06. The summed E-state index contributed by atoms with van der Waals surface area (Å²) in [6.07, 6.45) is 2.30. The zero-order valence-corrected chi connectivity index (χ0v) is 13.0. The van der Waals surface area contributed by atoms with E-state index in [1.165, 1.54) is 11.8 Å². The Balaban J connectivity index is 1.95. The summed E-state index contributed by atoms with van der Waals surface area (Å²) in [7, 11) is 3.24. The van der Waals surface area contributed by atoms with E-state index in [1.807, 2.05) is 24.0 Å². The van der Waals surface area contributed by atoms with Gasteiger partial charge in [0.2, 0.25) is 0 Å². The summed E-state index contributed by atoms with van der Waals surface area (Å²) in [5.41, 5.74) is 2.28. The number of hydrogen-bond acceptors (Lipinski definition) is 4. The van der Waals surface area contributed by atoms with E-state index in [-0.39, 0.29) is 11.9 Å². The van der Waals surface area contributed by atoms with Crippen LogP contribution in [0.1, 0.15) is 34.6 Å². The van der Waals surface area contributed by atoms with E-state index in [2.05, 4.69) is 0 Å². The van der Waals surface area contributed by atoms with Gasteiger partial charge in [0.1, 0.15) is 0 Å². The van der Waals surface area contributed by atoms with Gasteiger partial charge in [-0.1, -0.05) is 0 Å². The summed E-state index contributed by atoms with van der Waals surface area (Å²) in [6.45, 7) is 2.67. The molecule has 0 saturated carbocycles. The molecule has 0 fully saturated rings. The molecule has 0 aliphatic carbocycles. The van der Waals surface area contributed by atoms with E-state index in [9.17, 15) is 4.79 Å². The lowest BCUT2D eigenvalue weighted by Crippen LogP contribution is -2.38. The lowest BCUT2D eigenvalue weighted by atomic mass is 9.92. The van der Waals surface area contributed by atoms with Crippen LogP contribution in [0.3, 0.4) is 0 Å². The zero-order chi connectivity index (χ0) is 15.7. The molecule has 1 aliphatic heterocycles. The maximum Gasteiger partial charge on any atom is 0.290 e. The number of furan rings is 1. The lowest BCUT2D eigenvalue weighted by Gasteiger charge is -2.35. The molecule has 2 heterocycles. The number of carbonyl (C=O) groups is 1. The van der Waals surface area contributed by atoms with Crippen LogP contribution < -0.4 is 9.47 Å². The summed E-state index contributed by atoms with van der Waals surface area (Å²) in [5, 5.41) is 0. The molecule has 2 aromatic rings. The number of fused-ring (bicyclic) bond motifs is 1. The number of rotatable bonds is 3. The highest BCUT2D eigenvalue weighted by molar-refractivity contribution is 5.92. The Morgan fingerprint density at radius 1 is 1.27 bits per heavy atom. The van der Waals surface area contributed by atoms with Gasteiger partial charge in [-0.2, -0.15) is 0 Å². The lowest BCUT2D eigenvalue weighted by molar-refractivity contribution is 0.0644. The molecule has 1 aromatic heterocycles. The SMILES string of the molecule is COc1cc2c(cc1OC)C(C)N(C(=O)c1ccco1)CC2. The maximum atomic E-state index is 12.5. The van der Waals surface area contributed by atoms with Gasteiger partial charge in [-0.25, -0.2) is 0 Å². The minimum absolute atomic E-state index is 0.0406. The van der Waals surface area contributed by atoms with Crippen LogP contribution in [0.5, 0.6) is 11.5 Å². The molecule has 0 radical (unpaired) electrons. The van der Waals surface area contributed by atoms with Gasteiger partial charge in [0, 0.05) is 6.54 Å². The molecular formula is C17H19NO4. The van der Waals surface area contributed by atoms with Crippen molar-refractivity contribution < 1.29 is 18.7 Å². The van der Waals surface area contributed by atoms with Crippen LogP contribution in [-0.2, 0) is 6.42 Å². The van der Waals surface area contributed by atoms with Crippen molar-refractivity contribution in [2.24, 2.45) is 0 Å². The van der Waals surface area contributed by atoms with Crippen molar-refractivity contribution in [3.05, 3.63) is 47.4 Å². The van der Waals surface area contributed by atoms with Crippen molar-refractivity contribution in [2.75, 3.05) is 20.8 Å². The molecule has 22 heavy (non-hydrogen) atoms. The third-order valence-electron chi connectivity index (χ3n) is 4.18. The minimum atomic E-state index is -0.0852. The summed E-state index contributed by atoms with van der Waals surface area (Å²) in [4.78, 5) is 14.4. The van der Waals surface area contributed by atoms with Crippen molar-refractivity contribution >= 4 is 5.91 Å². The first-order valence-corrected chi connectivity index (χ1v) is 7.25. The highest BCUT2D eigenvalue weighted by atomic mass is 16.5. The summed E-state index contributed by atoms with van der Waals surface area (Å²) in [5.74, 6) is 1.69.